The van der Waals surface area contributed by atoms with Crippen molar-refractivity contribution in [2.75, 3.05) is 10.8 Å². The van der Waals surface area contributed by atoms with Gasteiger partial charge in [0.05, 0.1) is 21.6 Å². The average Bonchev–Trinajstić information content (AvgIpc) is 2.60. The lowest BCUT2D eigenvalue weighted by atomic mass is 10.3. The molecule has 0 amide bonds. The van der Waals surface area contributed by atoms with Crippen molar-refractivity contribution in [2.45, 2.75) is 24.8 Å². The maximum Gasteiger partial charge on any atom is 0.324 e. The van der Waals surface area contributed by atoms with Crippen molar-refractivity contribution in [1.82, 2.24) is 0 Å². The highest BCUT2D eigenvalue weighted by Gasteiger charge is 2.27. The monoisotopic (exact) mass is 394 g/mol. The molecule has 0 fully saturated rings. The molecule has 0 heterocycles. The molecule has 0 radical (unpaired) electrons. The minimum absolute atomic E-state index is 0.0742. The van der Waals surface area contributed by atoms with Crippen LogP contribution in [0.2, 0.25) is 0 Å². The third-order valence-corrected chi connectivity index (χ3v) is 5.20. The number of sulfonamides is 1. The molecule has 9 nitrogen and oxygen atoms in total. The summed E-state index contributed by atoms with van der Waals surface area (Å²) in [6.45, 7) is 2.87. The highest BCUT2D eigenvalue weighted by atomic mass is 32.2. The lowest BCUT2D eigenvalue weighted by Gasteiger charge is -2.23. The van der Waals surface area contributed by atoms with Gasteiger partial charge in [0.15, 0.2) is 0 Å². The first-order valence-electron chi connectivity index (χ1n) is 7.87. The summed E-state index contributed by atoms with van der Waals surface area (Å²) in [5.41, 5.74) is -0.138. The Hall–Kier alpha value is -3.14. The van der Waals surface area contributed by atoms with Gasteiger partial charge in [-0.05, 0) is 50.2 Å². The molecule has 0 saturated heterocycles. The number of rotatable bonds is 8. The molecule has 0 spiro atoms. The maximum atomic E-state index is 12.9. The quantitative estimate of drug-likeness (QED) is 0.538. The number of nitrogens with zero attached hydrogens (tertiary/aromatic N) is 2. The van der Waals surface area contributed by atoms with E-state index in [0.29, 0.717) is 5.75 Å². The number of aliphatic carboxylic acids is 1. The van der Waals surface area contributed by atoms with E-state index in [9.17, 15) is 23.3 Å². The van der Waals surface area contributed by atoms with E-state index in [4.69, 9.17) is 9.84 Å². The fourth-order valence-electron chi connectivity index (χ4n) is 2.27. The fraction of sp³-hybridized carbons (Fsp3) is 0.235. The van der Waals surface area contributed by atoms with Crippen molar-refractivity contribution in [3.8, 4) is 5.75 Å². The molecule has 1 N–H and O–H groups in total. The van der Waals surface area contributed by atoms with Gasteiger partial charge in [-0.25, -0.2) is 8.42 Å². The predicted octanol–water partition coefficient (Wildman–Crippen LogP) is 2.66. The minimum atomic E-state index is -4.24. The molecule has 144 valence electrons. The van der Waals surface area contributed by atoms with Crippen molar-refractivity contribution in [3.63, 3.8) is 0 Å². The lowest BCUT2D eigenvalue weighted by molar-refractivity contribution is -0.384. The Morgan fingerprint density at radius 3 is 2.15 bits per heavy atom. The lowest BCUT2D eigenvalue weighted by Crippen LogP contribution is -2.35. The van der Waals surface area contributed by atoms with Gasteiger partial charge in [0.1, 0.15) is 12.3 Å². The van der Waals surface area contributed by atoms with Crippen molar-refractivity contribution in [1.29, 1.82) is 0 Å². The molecule has 2 aromatic rings. The summed E-state index contributed by atoms with van der Waals surface area (Å²) in [6.07, 6.45) is -0.0742. The molecule has 0 bridgehead atoms. The van der Waals surface area contributed by atoms with Gasteiger partial charge in [-0.2, -0.15) is 0 Å². The molecule has 0 aromatic heterocycles. The number of carboxylic acid groups (broad SMARTS) is 1. The topological polar surface area (TPSA) is 127 Å². The first-order valence-corrected chi connectivity index (χ1v) is 9.31. The van der Waals surface area contributed by atoms with Crippen molar-refractivity contribution in [3.05, 3.63) is 58.6 Å². The molecular weight excluding hydrogens is 376 g/mol. The highest BCUT2D eigenvalue weighted by molar-refractivity contribution is 7.92. The number of non-ortho nitro benzene ring substituents is 1. The minimum Gasteiger partial charge on any atom is -0.491 e. The van der Waals surface area contributed by atoms with E-state index in [0.717, 1.165) is 28.6 Å². The van der Waals surface area contributed by atoms with Crippen molar-refractivity contribution in [2.24, 2.45) is 0 Å². The van der Waals surface area contributed by atoms with Gasteiger partial charge < -0.3 is 9.84 Å². The summed E-state index contributed by atoms with van der Waals surface area (Å²) < 4.78 is 32.0. The van der Waals surface area contributed by atoms with Crippen molar-refractivity contribution >= 4 is 27.4 Å². The molecular formula is C17H18N2O7S. The average molecular weight is 394 g/mol. The van der Waals surface area contributed by atoms with Crippen LogP contribution in [-0.2, 0) is 14.8 Å². The largest absolute Gasteiger partial charge is 0.491 e. The second-order valence-corrected chi connectivity index (χ2v) is 7.68. The standard InChI is InChI=1S/C17H18N2O7S/c1-12(2)26-15-7-3-13(4-8-15)18(11-17(20)21)27(24,25)16-9-5-14(6-10-16)19(22)23/h3-10,12H,11H2,1-2H3,(H,20,21). The van der Waals surface area contributed by atoms with Gasteiger partial charge in [-0.3, -0.25) is 19.2 Å². The van der Waals surface area contributed by atoms with E-state index in [2.05, 4.69) is 0 Å². The van der Waals surface area contributed by atoms with E-state index in [1.807, 2.05) is 13.8 Å². The third kappa shape index (κ3) is 4.94. The Labute approximate surface area is 156 Å². The zero-order valence-corrected chi connectivity index (χ0v) is 15.4. The van der Waals surface area contributed by atoms with E-state index in [1.165, 1.54) is 24.3 Å². The van der Waals surface area contributed by atoms with Gasteiger partial charge in [-0.15, -0.1) is 0 Å². The number of hydrogen-bond acceptors (Lipinski definition) is 6. The van der Waals surface area contributed by atoms with Crippen LogP contribution in [0.3, 0.4) is 0 Å². The first kappa shape index (κ1) is 20.2. The summed E-state index contributed by atoms with van der Waals surface area (Å²) in [4.78, 5) is 21.0. The summed E-state index contributed by atoms with van der Waals surface area (Å²) in [5.74, 6) is -0.834. The molecule has 2 rings (SSSR count). The van der Waals surface area contributed by atoms with Crippen LogP contribution < -0.4 is 9.04 Å². The van der Waals surface area contributed by atoms with Crippen LogP contribution in [0, 0.1) is 10.1 Å². The van der Waals surface area contributed by atoms with Crippen LogP contribution in [0.4, 0.5) is 11.4 Å². The summed E-state index contributed by atoms with van der Waals surface area (Å²) >= 11 is 0. The van der Waals surface area contributed by atoms with Crippen LogP contribution in [0.15, 0.2) is 53.4 Å². The number of benzene rings is 2. The zero-order chi connectivity index (χ0) is 20.2. The smallest absolute Gasteiger partial charge is 0.324 e. The Morgan fingerprint density at radius 2 is 1.70 bits per heavy atom. The Morgan fingerprint density at radius 1 is 1.15 bits per heavy atom. The van der Waals surface area contributed by atoms with Crippen LogP contribution in [0.5, 0.6) is 5.75 Å². The number of nitro benzene ring substituents is 1. The van der Waals surface area contributed by atoms with Gasteiger partial charge >= 0.3 is 5.97 Å². The second kappa shape index (κ2) is 8.04. The van der Waals surface area contributed by atoms with Gasteiger partial charge in [0, 0.05) is 12.1 Å². The molecule has 0 aliphatic rings. The first-order chi connectivity index (χ1) is 12.6. The Kier molecular flexibility index (Phi) is 6.01. The number of anilines is 1. The molecule has 0 unspecified atom stereocenters. The fourth-order valence-corrected chi connectivity index (χ4v) is 3.68. The molecule has 10 heteroatoms. The van der Waals surface area contributed by atoms with Crippen molar-refractivity contribution < 1.29 is 28.0 Å². The summed E-state index contributed by atoms with van der Waals surface area (Å²) in [7, 11) is -4.24. The Balaban J connectivity index is 2.42. The van der Waals surface area contributed by atoms with Crippen LogP contribution in [0.1, 0.15) is 13.8 Å². The molecule has 0 aliphatic heterocycles. The number of carbonyl (C=O) groups is 1. The number of hydrogen-bond donors (Lipinski definition) is 1. The number of carboxylic acids is 1. The van der Waals surface area contributed by atoms with E-state index in [-0.39, 0.29) is 22.4 Å². The van der Waals surface area contributed by atoms with Crippen LogP contribution in [0.25, 0.3) is 0 Å². The molecule has 27 heavy (non-hydrogen) atoms. The predicted molar refractivity (Wildman–Crippen MR) is 97.5 cm³/mol. The maximum absolute atomic E-state index is 12.9. The molecule has 0 atom stereocenters. The SMILES string of the molecule is CC(C)Oc1ccc(N(CC(=O)O)S(=O)(=O)c2ccc([N+](=O)[O-])cc2)cc1. The van der Waals surface area contributed by atoms with E-state index in [1.54, 1.807) is 0 Å². The third-order valence-electron chi connectivity index (χ3n) is 3.41. The highest BCUT2D eigenvalue weighted by Crippen LogP contribution is 2.27. The van der Waals surface area contributed by atoms with E-state index >= 15 is 0 Å². The second-order valence-electron chi connectivity index (χ2n) is 5.82. The normalized spacial score (nSPS) is 11.2. The molecule has 0 aliphatic carbocycles. The van der Waals surface area contributed by atoms with Gasteiger partial charge in [0.25, 0.3) is 15.7 Å². The van der Waals surface area contributed by atoms with Gasteiger partial charge in [-0.1, -0.05) is 0 Å². The number of ether oxygens (including phenoxy) is 1. The van der Waals surface area contributed by atoms with E-state index < -0.39 is 27.5 Å². The van der Waals surface area contributed by atoms with Crippen LogP contribution in [-0.4, -0.2) is 37.1 Å². The molecule has 0 saturated carbocycles. The van der Waals surface area contributed by atoms with Gasteiger partial charge in [0.2, 0.25) is 0 Å². The number of nitro groups is 1. The summed E-state index contributed by atoms with van der Waals surface area (Å²) in [6, 6.07) is 10.2. The molecule has 2 aromatic carbocycles. The zero-order valence-electron chi connectivity index (χ0n) is 14.6. The van der Waals surface area contributed by atoms with Crippen LogP contribution >= 0.6 is 0 Å². The summed E-state index contributed by atoms with van der Waals surface area (Å²) in [5, 5.41) is 19.9. The Bertz CT molecular complexity index is 923.